The van der Waals surface area contributed by atoms with E-state index >= 15 is 0 Å². The van der Waals surface area contributed by atoms with Gasteiger partial charge in [0.2, 0.25) is 11.8 Å². The third kappa shape index (κ3) is 8.13. The lowest BCUT2D eigenvalue weighted by molar-refractivity contribution is -0.141. The van der Waals surface area contributed by atoms with E-state index in [2.05, 4.69) is 26.1 Å². The number of benzene rings is 1. The Labute approximate surface area is 308 Å². The maximum Gasteiger partial charge on any atom is 0.410 e. The molecule has 4 fully saturated rings. The highest BCUT2D eigenvalue weighted by molar-refractivity contribution is 6.04. The Bertz CT molecular complexity index is 1760. The summed E-state index contributed by atoms with van der Waals surface area (Å²) in [5.41, 5.74) is 0.0718. The third-order valence-electron chi connectivity index (χ3n) is 11.1. The van der Waals surface area contributed by atoms with E-state index in [9.17, 15) is 28.4 Å². The average Bonchev–Trinajstić information content (AvgIpc) is 3.86. The Kier molecular flexibility index (Phi) is 10.1. The van der Waals surface area contributed by atoms with Gasteiger partial charge in [0.15, 0.2) is 0 Å². The minimum Gasteiger partial charge on any atom is -0.444 e. The largest absolute Gasteiger partial charge is 0.444 e. The van der Waals surface area contributed by atoms with Crippen molar-refractivity contribution in [2.45, 2.75) is 140 Å². The Morgan fingerprint density at radius 3 is 2.51 bits per heavy atom. The third-order valence-corrected chi connectivity index (χ3v) is 11.1. The summed E-state index contributed by atoms with van der Waals surface area (Å²) in [6.45, 7) is 5.30. The normalized spacial score (nSPS) is 27.7. The fourth-order valence-electron chi connectivity index (χ4n) is 8.07. The van der Waals surface area contributed by atoms with Crippen molar-refractivity contribution >= 4 is 35.7 Å². The molecule has 5 aliphatic rings. The Morgan fingerprint density at radius 1 is 1.02 bits per heavy atom. The summed E-state index contributed by atoms with van der Waals surface area (Å²) < 4.78 is 25.8. The van der Waals surface area contributed by atoms with Gasteiger partial charge in [-0.2, -0.15) is 5.10 Å². The molecule has 0 unspecified atom stereocenters. The molecule has 3 aliphatic heterocycles. The lowest BCUT2D eigenvalue weighted by Gasteiger charge is -2.30. The standard InChI is InChI=1S/C38H50FN7O7/c1-37(2,3)53-35(50)41-29-13-8-6-4-5-7-11-24-17-38(24,34(49)42-31-26(18-40-44-31)22-14-15-22)43-32(47)30-16-25(20-46(30)33(29)48)52-36(51)45-19-23-10-9-12-28(39)27(23)21-45/h9-10,12,18,22,24-25,29-30H,4-8,11,13-17,19-21H2,1-3H3,(H,41,50)(H,43,47)(H2,40,42,44,49)/t24-,25-,29+,30+,38-/m1/s1. The number of alkyl carbamates (subject to hydrolysis) is 1. The second-order valence-electron chi connectivity index (χ2n) is 16.3. The van der Waals surface area contributed by atoms with Crippen LogP contribution in [0.3, 0.4) is 0 Å². The summed E-state index contributed by atoms with van der Waals surface area (Å²) in [6.07, 6.45) is 7.19. The predicted molar refractivity (Wildman–Crippen MR) is 190 cm³/mol. The number of anilines is 1. The number of hydrogen-bond donors (Lipinski definition) is 4. The first-order valence-electron chi connectivity index (χ1n) is 19.0. The number of aromatic amines is 1. The van der Waals surface area contributed by atoms with E-state index in [4.69, 9.17) is 9.47 Å². The molecule has 0 spiro atoms. The van der Waals surface area contributed by atoms with Crippen molar-refractivity contribution in [3.8, 4) is 0 Å². The van der Waals surface area contributed by atoms with Crippen LogP contribution in [0.4, 0.5) is 19.8 Å². The van der Waals surface area contributed by atoms with Crippen LogP contribution in [0.25, 0.3) is 0 Å². The molecule has 2 aromatic rings. The molecule has 2 aliphatic carbocycles. The number of nitrogens with one attached hydrogen (secondary N) is 4. The number of H-pyrrole nitrogens is 1. The Balaban J connectivity index is 1.13. The minimum atomic E-state index is -1.19. The van der Waals surface area contributed by atoms with Crippen molar-refractivity contribution in [3.05, 3.63) is 46.9 Å². The first kappa shape index (κ1) is 36.7. The van der Waals surface area contributed by atoms with Crippen LogP contribution in [0.2, 0.25) is 0 Å². The highest BCUT2D eigenvalue weighted by atomic mass is 19.1. The molecular weight excluding hydrogens is 685 g/mol. The monoisotopic (exact) mass is 735 g/mol. The molecule has 15 heteroatoms. The molecule has 53 heavy (non-hydrogen) atoms. The number of amides is 5. The zero-order valence-corrected chi connectivity index (χ0v) is 30.7. The number of hydrogen-bond acceptors (Lipinski definition) is 8. The highest BCUT2D eigenvalue weighted by Gasteiger charge is 2.61. The van der Waals surface area contributed by atoms with Gasteiger partial charge >= 0.3 is 12.2 Å². The fraction of sp³-hybridized carbons (Fsp3) is 0.632. The SMILES string of the molecule is CC(C)(C)OC(=O)N[C@H]1CCCCCCC[C@@H]2C[C@@]2(C(=O)Nc2[nH]ncc2C2CC2)NC(=O)[C@@H]2C[C@@H](OC(=O)N3Cc4cccc(F)c4C3)CN2C1=O. The van der Waals surface area contributed by atoms with Gasteiger partial charge in [0.25, 0.3) is 5.91 Å². The number of aromatic nitrogens is 2. The van der Waals surface area contributed by atoms with Gasteiger partial charge in [-0.05, 0) is 76.3 Å². The van der Waals surface area contributed by atoms with Gasteiger partial charge in [-0.1, -0.05) is 44.2 Å². The van der Waals surface area contributed by atoms with Crippen molar-refractivity contribution in [1.82, 2.24) is 30.6 Å². The fourth-order valence-corrected chi connectivity index (χ4v) is 8.07. The van der Waals surface area contributed by atoms with Crippen molar-refractivity contribution < 1.29 is 37.8 Å². The number of carbonyl (C=O) groups excluding carboxylic acids is 5. The van der Waals surface area contributed by atoms with Crippen LogP contribution in [0.15, 0.2) is 24.4 Å². The van der Waals surface area contributed by atoms with Crippen molar-refractivity contribution in [2.75, 3.05) is 11.9 Å². The smallest absolute Gasteiger partial charge is 0.410 e. The van der Waals surface area contributed by atoms with Crippen LogP contribution < -0.4 is 16.0 Å². The zero-order valence-electron chi connectivity index (χ0n) is 30.7. The molecule has 1 aromatic carbocycles. The van der Waals surface area contributed by atoms with E-state index in [0.717, 1.165) is 50.5 Å². The molecule has 5 atom stereocenters. The number of nitrogens with zero attached hydrogens (tertiary/aromatic N) is 3. The molecule has 0 radical (unpaired) electrons. The van der Waals surface area contributed by atoms with Gasteiger partial charge in [0, 0.05) is 24.1 Å². The summed E-state index contributed by atoms with van der Waals surface area (Å²) in [6, 6.07) is 2.61. The molecular formula is C38H50FN7O7. The van der Waals surface area contributed by atoms with Crippen LogP contribution in [0, 0.1) is 11.7 Å². The summed E-state index contributed by atoms with van der Waals surface area (Å²) in [7, 11) is 0. The van der Waals surface area contributed by atoms with E-state index in [1.807, 2.05) is 0 Å². The summed E-state index contributed by atoms with van der Waals surface area (Å²) in [4.78, 5) is 72.0. The topological polar surface area (TPSA) is 175 Å². The highest BCUT2D eigenvalue weighted by Crippen LogP contribution is 2.49. The second kappa shape index (κ2) is 14.6. The lowest BCUT2D eigenvalue weighted by atomic mass is 10.0. The molecule has 1 aromatic heterocycles. The molecule has 7 rings (SSSR count). The number of halogens is 1. The van der Waals surface area contributed by atoms with Crippen LogP contribution in [-0.2, 0) is 36.9 Å². The van der Waals surface area contributed by atoms with E-state index in [0.29, 0.717) is 42.1 Å². The van der Waals surface area contributed by atoms with Crippen molar-refractivity contribution in [1.29, 1.82) is 0 Å². The Hall–Kier alpha value is -4.69. The number of fused-ring (bicyclic) bond motifs is 3. The number of carbonyl (C=O) groups is 5. The number of ether oxygens (including phenoxy) is 2. The van der Waals surface area contributed by atoms with Gasteiger partial charge in [-0.25, -0.2) is 14.0 Å². The lowest BCUT2D eigenvalue weighted by Crippen LogP contribution is -2.57. The zero-order chi connectivity index (χ0) is 37.5. The molecule has 5 amide bonds. The number of rotatable bonds is 5. The van der Waals surface area contributed by atoms with Gasteiger partial charge in [-0.15, -0.1) is 0 Å². The van der Waals surface area contributed by atoms with Gasteiger partial charge < -0.3 is 30.3 Å². The quantitative estimate of drug-likeness (QED) is 0.332. The molecule has 4 N–H and O–H groups in total. The van der Waals surface area contributed by atoms with Gasteiger partial charge in [0.1, 0.15) is 41.0 Å². The first-order valence-corrected chi connectivity index (χ1v) is 19.0. The van der Waals surface area contributed by atoms with Gasteiger partial charge in [0.05, 0.1) is 19.3 Å². The average molecular weight is 736 g/mol. The van der Waals surface area contributed by atoms with Crippen LogP contribution in [-0.4, -0.2) is 85.8 Å². The molecule has 4 heterocycles. The molecule has 0 bridgehead atoms. The van der Waals surface area contributed by atoms with Crippen molar-refractivity contribution in [2.24, 2.45) is 5.92 Å². The van der Waals surface area contributed by atoms with E-state index in [1.165, 1.54) is 15.9 Å². The molecule has 14 nitrogen and oxygen atoms in total. The molecule has 286 valence electrons. The molecule has 2 saturated carbocycles. The van der Waals surface area contributed by atoms with Crippen molar-refractivity contribution in [3.63, 3.8) is 0 Å². The van der Waals surface area contributed by atoms with Crippen LogP contribution >= 0.6 is 0 Å². The second-order valence-corrected chi connectivity index (χ2v) is 16.3. The predicted octanol–water partition coefficient (Wildman–Crippen LogP) is 5.00. The maximum absolute atomic E-state index is 14.5. The van der Waals surface area contributed by atoms with E-state index < -0.39 is 59.1 Å². The summed E-state index contributed by atoms with van der Waals surface area (Å²) in [5.74, 6) is -0.999. The maximum atomic E-state index is 14.5. The summed E-state index contributed by atoms with van der Waals surface area (Å²) >= 11 is 0. The first-order chi connectivity index (χ1) is 25.3. The van der Waals surface area contributed by atoms with Gasteiger partial charge in [-0.3, -0.25) is 24.4 Å². The molecule has 2 saturated heterocycles. The van der Waals surface area contributed by atoms with Crippen LogP contribution in [0.1, 0.15) is 114 Å². The van der Waals surface area contributed by atoms with E-state index in [-0.39, 0.29) is 37.9 Å². The summed E-state index contributed by atoms with van der Waals surface area (Å²) in [5, 5.41) is 15.8. The Morgan fingerprint density at radius 2 is 1.77 bits per heavy atom. The van der Waals surface area contributed by atoms with Crippen LogP contribution in [0.5, 0.6) is 0 Å². The van der Waals surface area contributed by atoms with E-state index in [1.54, 1.807) is 39.1 Å². The minimum absolute atomic E-state index is 0.0215.